The van der Waals surface area contributed by atoms with Crippen LogP contribution in [0.1, 0.15) is 10.5 Å². The second-order valence-electron chi connectivity index (χ2n) is 3.52. The van der Waals surface area contributed by atoms with Crippen LogP contribution in [0.4, 0.5) is 5.13 Å². The van der Waals surface area contributed by atoms with Gasteiger partial charge in [-0.1, -0.05) is 0 Å². The van der Waals surface area contributed by atoms with E-state index >= 15 is 0 Å². The van der Waals surface area contributed by atoms with E-state index in [4.69, 9.17) is 5.11 Å². The molecule has 0 spiro atoms. The van der Waals surface area contributed by atoms with E-state index in [1.54, 1.807) is 12.3 Å². The molecule has 0 aliphatic rings. The highest BCUT2D eigenvalue weighted by atomic mass is 32.1. The topological polar surface area (TPSA) is 69.2 Å². The first-order chi connectivity index (χ1) is 7.58. The first-order valence-corrected chi connectivity index (χ1v) is 5.51. The van der Waals surface area contributed by atoms with Gasteiger partial charge in [0.05, 0.1) is 5.69 Å². The van der Waals surface area contributed by atoms with Crippen LogP contribution in [0.15, 0.2) is 17.6 Å². The third-order valence-corrected chi connectivity index (χ3v) is 3.09. The molecule has 6 heteroatoms. The highest BCUT2D eigenvalue weighted by Gasteiger charge is 2.10. The molecule has 0 saturated heterocycles. The SMILES string of the molecule is CN(C)c1nc(-c2c[nH]c(C(=O)O)c2)cs1. The van der Waals surface area contributed by atoms with Gasteiger partial charge >= 0.3 is 5.97 Å². The van der Waals surface area contributed by atoms with Crippen LogP contribution in [0.25, 0.3) is 11.3 Å². The van der Waals surface area contributed by atoms with Crippen LogP contribution in [0, 0.1) is 0 Å². The molecule has 0 aromatic carbocycles. The number of aromatic amines is 1. The van der Waals surface area contributed by atoms with Gasteiger partial charge in [-0.05, 0) is 6.07 Å². The van der Waals surface area contributed by atoms with Gasteiger partial charge < -0.3 is 15.0 Å². The molecule has 2 rings (SSSR count). The Kier molecular flexibility index (Phi) is 2.66. The number of hydrogen-bond acceptors (Lipinski definition) is 4. The summed E-state index contributed by atoms with van der Waals surface area (Å²) in [6.45, 7) is 0. The Morgan fingerprint density at radius 3 is 2.81 bits per heavy atom. The zero-order valence-electron chi connectivity index (χ0n) is 8.89. The number of hydrogen-bond donors (Lipinski definition) is 2. The molecule has 0 saturated carbocycles. The van der Waals surface area contributed by atoms with E-state index in [-0.39, 0.29) is 5.69 Å². The third kappa shape index (κ3) is 1.92. The van der Waals surface area contributed by atoms with Crippen molar-refractivity contribution in [3.8, 4) is 11.3 Å². The Balaban J connectivity index is 2.31. The summed E-state index contributed by atoms with van der Waals surface area (Å²) in [4.78, 5) is 19.7. The second-order valence-corrected chi connectivity index (χ2v) is 4.35. The summed E-state index contributed by atoms with van der Waals surface area (Å²) in [7, 11) is 3.84. The summed E-state index contributed by atoms with van der Waals surface area (Å²) < 4.78 is 0. The zero-order chi connectivity index (χ0) is 11.7. The molecule has 0 radical (unpaired) electrons. The molecule has 0 aliphatic carbocycles. The summed E-state index contributed by atoms with van der Waals surface area (Å²) in [6, 6.07) is 1.58. The number of aromatic nitrogens is 2. The Morgan fingerprint density at radius 1 is 1.56 bits per heavy atom. The number of carboxylic acid groups (broad SMARTS) is 1. The van der Waals surface area contributed by atoms with Crippen molar-refractivity contribution < 1.29 is 9.90 Å². The number of carbonyl (C=O) groups is 1. The Morgan fingerprint density at radius 2 is 2.31 bits per heavy atom. The summed E-state index contributed by atoms with van der Waals surface area (Å²) in [5, 5.41) is 11.6. The van der Waals surface area contributed by atoms with Gasteiger partial charge in [-0.15, -0.1) is 11.3 Å². The van der Waals surface area contributed by atoms with Crippen LogP contribution >= 0.6 is 11.3 Å². The van der Waals surface area contributed by atoms with Gasteiger partial charge in [0.15, 0.2) is 5.13 Å². The molecule has 0 amide bonds. The quantitative estimate of drug-likeness (QED) is 0.855. The van der Waals surface area contributed by atoms with Crippen molar-refractivity contribution in [2.24, 2.45) is 0 Å². The number of nitrogens with zero attached hydrogens (tertiary/aromatic N) is 2. The molecule has 2 N–H and O–H groups in total. The molecule has 84 valence electrons. The number of nitrogens with one attached hydrogen (secondary N) is 1. The minimum absolute atomic E-state index is 0.175. The van der Waals surface area contributed by atoms with E-state index in [1.165, 1.54) is 11.3 Å². The largest absolute Gasteiger partial charge is 0.477 e. The molecule has 0 atom stereocenters. The fraction of sp³-hybridized carbons (Fsp3) is 0.200. The highest BCUT2D eigenvalue weighted by Crippen LogP contribution is 2.26. The van der Waals surface area contributed by atoms with Crippen molar-refractivity contribution in [1.82, 2.24) is 9.97 Å². The van der Waals surface area contributed by atoms with E-state index in [2.05, 4.69) is 9.97 Å². The van der Waals surface area contributed by atoms with Crippen LogP contribution in [-0.2, 0) is 0 Å². The van der Waals surface area contributed by atoms with Gasteiger partial charge in [0.1, 0.15) is 5.69 Å². The van der Waals surface area contributed by atoms with Crippen LogP contribution in [0.2, 0.25) is 0 Å². The first-order valence-electron chi connectivity index (χ1n) is 4.63. The maximum Gasteiger partial charge on any atom is 0.352 e. The van der Waals surface area contributed by atoms with Gasteiger partial charge in [-0.3, -0.25) is 0 Å². The lowest BCUT2D eigenvalue weighted by Gasteiger charge is -2.05. The molecule has 0 fully saturated rings. The average Bonchev–Trinajstić information content (AvgIpc) is 2.86. The molecular formula is C10H11N3O2S. The minimum Gasteiger partial charge on any atom is -0.477 e. The number of aromatic carboxylic acids is 1. The second kappa shape index (κ2) is 3.97. The molecular weight excluding hydrogens is 226 g/mol. The van der Waals surface area contributed by atoms with Crippen LogP contribution in [0.5, 0.6) is 0 Å². The lowest BCUT2D eigenvalue weighted by Crippen LogP contribution is -2.07. The maximum atomic E-state index is 10.7. The predicted molar refractivity (Wildman–Crippen MR) is 63.2 cm³/mol. The van der Waals surface area contributed by atoms with Crippen molar-refractivity contribution in [3.05, 3.63) is 23.3 Å². The molecule has 2 aromatic rings. The smallest absolute Gasteiger partial charge is 0.352 e. The van der Waals surface area contributed by atoms with Crippen molar-refractivity contribution in [2.75, 3.05) is 19.0 Å². The van der Waals surface area contributed by atoms with Crippen molar-refractivity contribution >= 4 is 22.4 Å². The number of H-pyrrole nitrogens is 1. The molecule has 16 heavy (non-hydrogen) atoms. The van der Waals surface area contributed by atoms with Crippen molar-refractivity contribution in [1.29, 1.82) is 0 Å². The molecule has 0 unspecified atom stereocenters. The average molecular weight is 237 g/mol. The summed E-state index contributed by atoms with van der Waals surface area (Å²) in [5.74, 6) is -0.964. The number of carboxylic acids is 1. The molecule has 0 bridgehead atoms. The monoisotopic (exact) mass is 237 g/mol. The van der Waals surface area contributed by atoms with E-state index in [0.29, 0.717) is 0 Å². The van der Waals surface area contributed by atoms with E-state index in [0.717, 1.165) is 16.4 Å². The summed E-state index contributed by atoms with van der Waals surface area (Å²) >= 11 is 1.52. The summed E-state index contributed by atoms with van der Waals surface area (Å²) in [6.07, 6.45) is 1.65. The predicted octanol–water partition coefficient (Wildman–Crippen LogP) is 1.90. The van der Waals surface area contributed by atoms with Gasteiger partial charge in [0, 0.05) is 31.2 Å². The Hall–Kier alpha value is -1.82. The lowest BCUT2D eigenvalue weighted by molar-refractivity contribution is 0.0691. The number of anilines is 1. The van der Waals surface area contributed by atoms with Crippen molar-refractivity contribution in [3.63, 3.8) is 0 Å². The van der Waals surface area contributed by atoms with Crippen molar-refractivity contribution in [2.45, 2.75) is 0 Å². The van der Waals surface area contributed by atoms with E-state index < -0.39 is 5.97 Å². The third-order valence-electron chi connectivity index (χ3n) is 2.08. The fourth-order valence-corrected chi connectivity index (χ4v) is 2.04. The van der Waals surface area contributed by atoms with Gasteiger partial charge in [-0.25, -0.2) is 9.78 Å². The van der Waals surface area contributed by atoms with E-state index in [9.17, 15) is 4.79 Å². The van der Waals surface area contributed by atoms with Crippen LogP contribution < -0.4 is 4.90 Å². The fourth-order valence-electron chi connectivity index (χ4n) is 1.27. The van der Waals surface area contributed by atoms with Gasteiger partial charge in [0.2, 0.25) is 0 Å². The summed E-state index contributed by atoms with van der Waals surface area (Å²) in [5.41, 5.74) is 1.76. The van der Waals surface area contributed by atoms with E-state index in [1.807, 2.05) is 24.4 Å². The van der Waals surface area contributed by atoms with Gasteiger partial charge in [0.25, 0.3) is 0 Å². The number of thiazole rings is 1. The van der Waals surface area contributed by atoms with Crippen LogP contribution in [-0.4, -0.2) is 35.1 Å². The highest BCUT2D eigenvalue weighted by molar-refractivity contribution is 7.14. The van der Waals surface area contributed by atoms with Crippen LogP contribution in [0.3, 0.4) is 0 Å². The molecule has 5 nitrogen and oxygen atoms in total. The standard InChI is InChI=1S/C10H11N3O2S/c1-13(2)10-12-8(5-16-10)6-3-7(9(14)15)11-4-6/h3-5,11H,1-2H3,(H,14,15). The first kappa shape index (κ1) is 10.7. The molecule has 2 heterocycles. The molecule has 2 aromatic heterocycles. The maximum absolute atomic E-state index is 10.7. The zero-order valence-corrected chi connectivity index (χ0v) is 9.71. The minimum atomic E-state index is -0.964. The lowest BCUT2D eigenvalue weighted by atomic mass is 10.2. The normalized spacial score (nSPS) is 10.4. The Bertz CT molecular complexity index is 516. The number of rotatable bonds is 3. The molecule has 0 aliphatic heterocycles. The van der Waals surface area contributed by atoms with Gasteiger partial charge in [-0.2, -0.15) is 0 Å². The Labute approximate surface area is 96.4 Å².